The van der Waals surface area contributed by atoms with Crippen LogP contribution >= 0.6 is 0 Å². The molecule has 120 valence electrons. The van der Waals surface area contributed by atoms with Gasteiger partial charge in [-0.25, -0.2) is 4.79 Å². The molecule has 1 aliphatic carbocycles. The number of carbonyl (C=O) groups is 1. The molecule has 0 amide bonds. The Morgan fingerprint density at radius 3 is 2.91 bits per heavy atom. The van der Waals surface area contributed by atoms with Crippen molar-refractivity contribution < 1.29 is 9.90 Å². The molecule has 3 nitrogen and oxygen atoms in total. The van der Waals surface area contributed by atoms with Gasteiger partial charge in [-0.2, -0.15) is 0 Å². The Morgan fingerprint density at radius 1 is 1.30 bits per heavy atom. The third kappa shape index (κ3) is 3.14. The van der Waals surface area contributed by atoms with E-state index in [0.717, 1.165) is 18.4 Å². The van der Waals surface area contributed by atoms with Gasteiger partial charge in [-0.05, 0) is 85.8 Å². The van der Waals surface area contributed by atoms with E-state index in [1.54, 1.807) is 18.5 Å². The summed E-state index contributed by atoms with van der Waals surface area (Å²) in [7, 11) is 0. The minimum Gasteiger partial charge on any atom is -0.478 e. The zero-order valence-corrected chi connectivity index (χ0v) is 13.8. The molecule has 1 atom stereocenters. The molecule has 3 heteroatoms. The number of fused-ring (bicyclic) bond motifs is 1. The van der Waals surface area contributed by atoms with Gasteiger partial charge in [-0.15, -0.1) is 0 Å². The van der Waals surface area contributed by atoms with E-state index in [0.29, 0.717) is 11.5 Å². The molecule has 1 aromatic heterocycles. The first-order valence-electron chi connectivity index (χ1n) is 8.33. The Morgan fingerprint density at radius 2 is 2.13 bits per heavy atom. The molecule has 0 bridgehead atoms. The molecule has 0 spiro atoms. The van der Waals surface area contributed by atoms with E-state index in [4.69, 9.17) is 0 Å². The highest BCUT2D eigenvalue weighted by Gasteiger charge is 2.22. The molecule has 0 fully saturated rings. The van der Waals surface area contributed by atoms with Crippen LogP contribution in [-0.2, 0) is 12.8 Å². The van der Waals surface area contributed by atoms with Crippen LogP contribution in [0, 0.1) is 13.8 Å². The van der Waals surface area contributed by atoms with Crippen LogP contribution in [0.4, 0.5) is 0 Å². The van der Waals surface area contributed by atoms with Crippen molar-refractivity contribution in [2.24, 2.45) is 0 Å². The van der Waals surface area contributed by atoms with Crippen LogP contribution in [0.1, 0.15) is 63.4 Å². The maximum Gasteiger partial charge on any atom is 0.336 e. The predicted molar refractivity (Wildman–Crippen MR) is 91.1 cm³/mol. The fraction of sp³-hybridized carbons (Fsp3) is 0.400. The number of hydrogen-bond donors (Lipinski definition) is 1. The first kappa shape index (κ1) is 15.7. The molecule has 1 N–H and O–H groups in total. The topological polar surface area (TPSA) is 50.2 Å². The molecule has 0 aliphatic heterocycles. The molecule has 2 aromatic rings. The van der Waals surface area contributed by atoms with Gasteiger partial charge < -0.3 is 5.11 Å². The molecule has 1 heterocycles. The summed E-state index contributed by atoms with van der Waals surface area (Å²) in [6.07, 6.45) is 8.60. The van der Waals surface area contributed by atoms with Gasteiger partial charge in [0.15, 0.2) is 0 Å². The second kappa shape index (κ2) is 6.53. The summed E-state index contributed by atoms with van der Waals surface area (Å²) >= 11 is 0. The van der Waals surface area contributed by atoms with Gasteiger partial charge in [0.1, 0.15) is 0 Å². The average molecular weight is 309 g/mol. The molecule has 0 saturated heterocycles. The lowest BCUT2D eigenvalue weighted by Crippen LogP contribution is -2.13. The van der Waals surface area contributed by atoms with Crippen LogP contribution in [0.3, 0.4) is 0 Å². The van der Waals surface area contributed by atoms with Crippen molar-refractivity contribution in [3.05, 3.63) is 64.0 Å². The molecule has 0 saturated carbocycles. The van der Waals surface area contributed by atoms with Crippen LogP contribution in [0.15, 0.2) is 30.6 Å². The standard InChI is InChI=1S/C20H23NO2/c1-13-6-9-18-15(4-3-5-17(18)14(13)2)7-8-16-12-21-11-10-19(16)20(22)23/h6,9-12,15H,3-5,7-8H2,1-2H3,(H,22,23). The molecular weight excluding hydrogens is 286 g/mol. The van der Waals surface area contributed by atoms with Gasteiger partial charge in [0.2, 0.25) is 0 Å². The maximum atomic E-state index is 11.3. The van der Waals surface area contributed by atoms with Crippen molar-refractivity contribution in [3.63, 3.8) is 0 Å². The lowest BCUT2D eigenvalue weighted by Gasteiger charge is -2.28. The quantitative estimate of drug-likeness (QED) is 0.907. The van der Waals surface area contributed by atoms with Crippen LogP contribution in [0.5, 0.6) is 0 Å². The van der Waals surface area contributed by atoms with Crippen molar-refractivity contribution in [1.29, 1.82) is 0 Å². The zero-order valence-electron chi connectivity index (χ0n) is 13.8. The number of pyridine rings is 1. The van der Waals surface area contributed by atoms with E-state index in [1.807, 2.05) is 0 Å². The third-order valence-corrected chi connectivity index (χ3v) is 5.22. The Labute approximate surface area is 137 Å². The minimum atomic E-state index is -0.863. The lowest BCUT2D eigenvalue weighted by atomic mass is 9.77. The summed E-state index contributed by atoms with van der Waals surface area (Å²) in [5, 5.41) is 9.30. The normalized spacial score (nSPS) is 16.9. The SMILES string of the molecule is Cc1ccc2c(c1C)CCCC2CCc1cnccc1C(=O)O. The number of carboxylic acid groups (broad SMARTS) is 1. The number of hydrogen-bond acceptors (Lipinski definition) is 2. The van der Waals surface area contributed by atoms with E-state index >= 15 is 0 Å². The summed E-state index contributed by atoms with van der Waals surface area (Å²) in [5.74, 6) is -0.335. The number of rotatable bonds is 4. The number of aromatic nitrogens is 1. The second-order valence-electron chi connectivity index (χ2n) is 6.54. The Hall–Kier alpha value is -2.16. The number of carboxylic acids is 1. The molecular formula is C20H23NO2. The van der Waals surface area contributed by atoms with Crippen molar-refractivity contribution in [3.8, 4) is 0 Å². The van der Waals surface area contributed by atoms with Crippen LogP contribution in [-0.4, -0.2) is 16.1 Å². The fourth-order valence-electron chi connectivity index (χ4n) is 3.75. The van der Waals surface area contributed by atoms with Gasteiger partial charge in [0.25, 0.3) is 0 Å². The van der Waals surface area contributed by atoms with E-state index in [9.17, 15) is 9.90 Å². The summed E-state index contributed by atoms with van der Waals surface area (Å²) in [6, 6.07) is 6.10. The molecule has 3 rings (SSSR count). The van der Waals surface area contributed by atoms with E-state index in [1.165, 1.54) is 41.5 Å². The van der Waals surface area contributed by atoms with Gasteiger partial charge in [-0.1, -0.05) is 12.1 Å². The Kier molecular flexibility index (Phi) is 4.46. The number of benzene rings is 1. The van der Waals surface area contributed by atoms with Crippen molar-refractivity contribution in [2.45, 2.75) is 51.9 Å². The van der Waals surface area contributed by atoms with Crippen LogP contribution in [0.25, 0.3) is 0 Å². The highest BCUT2D eigenvalue weighted by Crippen LogP contribution is 2.37. The van der Waals surface area contributed by atoms with Gasteiger partial charge >= 0.3 is 5.97 Å². The lowest BCUT2D eigenvalue weighted by molar-refractivity contribution is 0.0695. The summed E-state index contributed by atoms with van der Waals surface area (Å²) in [5.41, 5.74) is 7.02. The summed E-state index contributed by atoms with van der Waals surface area (Å²) in [6.45, 7) is 4.40. The molecule has 23 heavy (non-hydrogen) atoms. The fourth-order valence-corrected chi connectivity index (χ4v) is 3.75. The van der Waals surface area contributed by atoms with E-state index < -0.39 is 5.97 Å². The van der Waals surface area contributed by atoms with Crippen molar-refractivity contribution >= 4 is 5.97 Å². The highest BCUT2D eigenvalue weighted by molar-refractivity contribution is 5.89. The molecule has 1 unspecified atom stereocenters. The zero-order chi connectivity index (χ0) is 16.4. The summed E-state index contributed by atoms with van der Waals surface area (Å²) < 4.78 is 0. The predicted octanol–water partition coefficient (Wildman–Crippen LogP) is 4.45. The Bertz CT molecular complexity index is 736. The van der Waals surface area contributed by atoms with Crippen molar-refractivity contribution in [1.82, 2.24) is 4.98 Å². The third-order valence-electron chi connectivity index (χ3n) is 5.22. The minimum absolute atomic E-state index is 0.385. The van der Waals surface area contributed by atoms with Crippen molar-refractivity contribution in [2.75, 3.05) is 0 Å². The highest BCUT2D eigenvalue weighted by atomic mass is 16.4. The first-order chi connectivity index (χ1) is 11.1. The monoisotopic (exact) mass is 309 g/mol. The second-order valence-corrected chi connectivity index (χ2v) is 6.54. The smallest absolute Gasteiger partial charge is 0.336 e. The van der Waals surface area contributed by atoms with E-state index in [-0.39, 0.29) is 0 Å². The first-order valence-corrected chi connectivity index (χ1v) is 8.33. The average Bonchev–Trinajstić information content (AvgIpc) is 2.56. The summed E-state index contributed by atoms with van der Waals surface area (Å²) in [4.78, 5) is 15.4. The molecule has 1 aliphatic rings. The van der Waals surface area contributed by atoms with Gasteiger partial charge in [0, 0.05) is 12.4 Å². The largest absolute Gasteiger partial charge is 0.478 e. The maximum absolute atomic E-state index is 11.3. The number of aryl methyl sites for hydroxylation is 2. The van der Waals surface area contributed by atoms with E-state index in [2.05, 4.69) is 31.0 Å². The van der Waals surface area contributed by atoms with Crippen LogP contribution < -0.4 is 0 Å². The molecule has 1 aromatic carbocycles. The number of aromatic carboxylic acids is 1. The van der Waals surface area contributed by atoms with Crippen LogP contribution in [0.2, 0.25) is 0 Å². The number of nitrogens with zero attached hydrogens (tertiary/aromatic N) is 1. The Balaban J connectivity index is 1.81. The van der Waals surface area contributed by atoms with Gasteiger partial charge in [0.05, 0.1) is 5.56 Å². The van der Waals surface area contributed by atoms with Gasteiger partial charge in [-0.3, -0.25) is 4.98 Å². The molecule has 0 radical (unpaired) electrons.